The molecule has 0 radical (unpaired) electrons. The van der Waals surface area contributed by atoms with Gasteiger partial charge in [-0.05, 0) is 54.8 Å². The SMILES string of the molecule is Cc1cc(C)c2sc(N(Cc3cccnc3)C(=O)c3cc(Cl)ccc3[N+](=O)[O-])nc2c1. The Hall–Kier alpha value is -3.36. The van der Waals surface area contributed by atoms with Crippen LogP contribution in [0.4, 0.5) is 10.8 Å². The average molecular weight is 453 g/mol. The zero-order valence-corrected chi connectivity index (χ0v) is 18.3. The van der Waals surface area contributed by atoms with Crippen molar-refractivity contribution >= 4 is 49.9 Å². The van der Waals surface area contributed by atoms with Crippen LogP contribution < -0.4 is 4.90 Å². The van der Waals surface area contributed by atoms with Crippen LogP contribution in [0.3, 0.4) is 0 Å². The Kier molecular flexibility index (Phi) is 5.67. The van der Waals surface area contributed by atoms with E-state index in [0.717, 1.165) is 26.9 Å². The van der Waals surface area contributed by atoms with Crippen molar-refractivity contribution in [2.45, 2.75) is 20.4 Å². The minimum Gasteiger partial charge on any atom is -0.279 e. The lowest BCUT2D eigenvalue weighted by atomic mass is 10.1. The first-order chi connectivity index (χ1) is 14.8. The number of hydrogen-bond acceptors (Lipinski definition) is 6. The largest absolute Gasteiger partial charge is 0.282 e. The van der Waals surface area contributed by atoms with Crippen LogP contribution in [0.5, 0.6) is 0 Å². The van der Waals surface area contributed by atoms with E-state index >= 15 is 0 Å². The summed E-state index contributed by atoms with van der Waals surface area (Å²) in [5.74, 6) is -0.550. The maximum absolute atomic E-state index is 13.6. The smallest absolute Gasteiger partial charge is 0.279 e. The molecule has 4 rings (SSSR count). The highest BCUT2D eigenvalue weighted by Crippen LogP contribution is 2.35. The molecule has 0 aliphatic heterocycles. The lowest BCUT2D eigenvalue weighted by molar-refractivity contribution is -0.385. The molecule has 0 bridgehead atoms. The normalized spacial score (nSPS) is 10.9. The van der Waals surface area contributed by atoms with Gasteiger partial charge < -0.3 is 0 Å². The van der Waals surface area contributed by atoms with Crippen LogP contribution >= 0.6 is 22.9 Å². The molecule has 0 atom stereocenters. The van der Waals surface area contributed by atoms with Gasteiger partial charge in [-0.15, -0.1) is 0 Å². The second-order valence-corrected chi connectivity index (χ2v) is 8.51. The fraction of sp³-hybridized carbons (Fsp3) is 0.136. The highest BCUT2D eigenvalue weighted by molar-refractivity contribution is 7.22. The number of halogens is 1. The minimum absolute atomic E-state index is 0.0893. The summed E-state index contributed by atoms with van der Waals surface area (Å²) in [5, 5.41) is 12.2. The van der Waals surface area contributed by atoms with Crippen molar-refractivity contribution in [3.05, 3.63) is 92.2 Å². The number of pyridine rings is 1. The summed E-state index contributed by atoms with van der Waals surface area (Å²) in [7, 11) is 0. The maximum Gasteiger partial charge on any atom is 0.282 e. The molecular weight excluding hydrogens is 436 g/mol. The number of nitro groups is 1. The Morgan fingerprint density at radius 2 is 2.03 bits per heavy atom. The molecule has 0 fully saturated rings. The van der Waals surface area contributed by atoms with Crippen LogP contribution in [-0.4, -0.2) is 20.8 Å². The van der Waals surface area contributed by atoms with Gasteiger partial charge in [-0.1, -0.05) is 35.1 Å². The van der Waals surface area contributed by atoms with Gasteiger partial charge in [-0.3, -0.25) is 24.8 Å². The number of carbonyl (C=O) groups is 1. The van der Waals surface area contributed by atoms with Gasteiger partial charge in [0.15, 0.2) is 5.13 Å². The fourth-order valence-corrected chi connectivity index (χ4v) is 4.55. The topological polar surface area (TPSA) is 89.2 Å². The van der Waals surface area contributed by atoms with E-state index < -0.39 is 10.8 Å². The van der Waals surface area contributed by atoms with Crippen molar-refractivity contribution in [2.24, 2.45) is 0 Å². The van der Waals surface area contributed by atoms with Gasteiger partial charge in [0.05, 0.1) is 21.7 Å². The lowest BCUT2D eigenvalue weighted by Crippen LogP contribution is -2.31. The Morgan fingerprint density at radius 1 is 1.23 bits per heavy atom. The number of carbonyl (C=O) groups excluding carboxylic acids is 1. The molecule has 0 aliphatic carbocycles. The van der Waals surface area contributed by atoms with Gasteiger partial charge in [0.1, 0.15) is 5.56 Å². The van der Waals surface area contributed by atoms with Crippen molar-refractivity contribution in [1.29, 1.82) is 0 Å². The molecule has 9 heteroatoms. The van der Waals surface area contributed by atoms with Crippen molar-refractivity contribution in [2.75, 3.05) is 4.90 Å². The standard InChI is InChI=1S/C22H17ClN4O3S/c1-13-8-14(2)20-18(9-13)25-22(31-20)26(12-15-4-3-7-24-11-15)21(28)17-10-16(23)5-6-19(17)27(29)30/h3-11H,12H2,1-2H3. The number of thiazole rings is 1. The molecule has 4 aromatic rings. The number of aryl methyl sites for hydroxylation is 2. The van der Waals surface area contributed by atoms with E-state index in [0.29, 0.717) is 5.13 Å². The summed E-state index contributed by atoms with van der Waals surface area (Å²) in [6.07, 6.45) is 3.29. The summed E-state index contributed by atoms with van der Waals surface area (Å²) in [6, 6.07) is 11.6. The third kappa shape index (κ3) is 4.26. The Bertz CT molecular complexity index is 1310. The molecule has 156 valence electrons. The van der Waals surface area contributed by atoms with Crippen LogP contribution in [0.1, 0.15) is 27.0 Å². The molecule has 0 spiro atoms. The zero-order valence-electron chi connectivity index (χ0n) is 16.7. The predicted molar refractivity (Wildman–Crippen MR) is 122 cm³/mol. The molecule has 0 unspecified atom stereocenters. The number of aromatic nitrogens is 2. The Morgan fingerprint density at radius 3 is 2.74 bits per heavy atom. The monoisotopic (exact) mass is 452 g/mol. The number of rotatable bonds is 5. The van der Waals surface area contributed by atoms with Crippen LogP contribution in [-0.2, 0) is 6.54 Å². The summed E-state index contributed by atoms with van der Waals surface area (Å²) in [5.41, 5.74) is 3.28. The molecular formula is C22H17ClN4O3S. The van der Waals surface area contributed by atoms with E-state index in [9.17, 15) is 14.9 Å². The number of anilines is 1. The van der Waals surface area contributed by atoms with E-state index in [4.69, 9.17) is 11.6 Å². The van der Waals surface area contributed by atoms with Crippen LogP contribution in [0.25, 0.3) is 10.2 Å². The first-order valence-corrected chi connectivity index (χ1v) is 10.6. The average Bonchev–Trinajstić information content (AvgIpc) is 3.16. The van der Waals surface area contributed by atoms with Crippen LogP contribution in [0, 0.1) is 24.0 Å². The Labute approximate surface area is 187 Å². The number of hydrogen-bond donors (Lipinski definition) is 0. The number of fused-ring (bicyclic) bond motifs is 1. The number of benzene rings is 2. The third-order valence-electron chi connectivity index (χ3n) is 4.73. The first kappa shape index (κ1) is 20.9. The lowest BCUT2D eigenvalue weighted by Gasteiger charge is -2.20. The molecule has 2 aromatic carbocycles. The molecule has 0 saturated carbocycles. The maximum atomic E-state index is 13.6. The van der Waals surface area contributed by atoms with Crippen molar-refractivity contribution in [1.82, 2.24) is 9.97 Å². The van der Waals surface area contributed by atoms with Crippen molar-refractivity contribution in [3.8, 4) is 0 Å². The third-order valence-corrected chi connectivity index (χ3v) is 6.20. The van der Waals surface area contributed by atoms with Crippen LogP contribution in [0.2, 0.25) is 5.02 Å². The summed E-state index contributed by atoms with van der Waals surface area (Å²) < 4.78 is 0.963. The van der Waals surface area contributed by atoms with Crippen molar-refractivity contribution in [3.63, 3.8) is 0 Å². The zero-order chi connectivity index (χ0) is 22.1. The fourth-order valence-electron chi connectivity index (χ4n) is 3.37. The molecule has 0 saturated heterocycles. The predicted octanol–water partition coefficient (Wildman–Crippen LogP) is 5.72. The van der Waals surface area contributed by atoms with E-state index in [1.165, 1.54) is 34.4 Å². The highest BCUT2D eigenvalue weighted by atomic mass is 35.5. The van der Waals surface area contributed by atoms with Gasteiger partial charge in [-0.25, -0.2) is 4.98 Å². The molecule has 7 nitrogen and oxygen atoms in total. The molecule has 0 aliphatic rings. The van der Waals surface area contributed by atoms with E-state index in [-0.39, 0.29) is 22.8 Å². The van der Waals surface area contributed by atoms with Gasteiger partial charge in [0.25, 0.3) is 11.6 Å². The van der Waals surface area contributed by atoms with E-state index in [1.54, 1.807) is 18.5 Å². The summed E-state index contributed by atoms with van der Waals surface area (Å²) in [6.45, 7) is 4.14. The van der Waals surface area contributed by atoms with E-state index in [1.807, 2.05) is 26.0 Å². The summed E-state index contributed by atoms with van der Waals surface area (Å²) >= 11 is 7.43. The molecule has 0 N–H and O–H groups in total. The number of amides is 1. The van der Waals surface area contributed by atoms with Gasteiger partial charge in [-0.2, -0.15) is 0 Å². The minimum atomic E-state index is -0.586. The molecule has 31 heavy (non-hydrogen) atoms. The second kappa shape index (κ2) is 8.41. The van der Waals surface area contributed by atoms with E-state index in [2.05, 4.69) is 16.0 Å². The summed E-state index contributed by atoms with van der Waals surface area (Å²) in [4.78, 5) is 34.7. The number of nitrogens with zero attached hydrogens (tertiary/aromatic N) is 4. The first-order valence-electron chi connectivity index (χ1n) is 9.36. The molecule has 2 aromatic heterocycles. The highest BCUT2D eigenvalue weighted by Gasteiger charge is 2.28. The van der Waals surface area contributed by atoms with Gasteiger partial charge in [0.2, 0.25) is 0 Å². The quantitative estimate of drug-likeness (QED) is 0.285. The van der Waals surface area contributed by atoms with Gasteiger partial charge in [0, 0.05) is 23.5 Å². The molecule has 2 heterocycles. The molecule has 1 amide bonds. The van der Waals surface area contributed by atoms with Crippen LogP contribution in [0.15, 0.2) is 54.9 Å². The number of nitro benzene ring substituents is 1. The van der Waals surface area contributed by atoms with Gasteiger partial charge >= 0.3 is 0 Å². The second-order valence-electron chi connectivity index (χ2n) is 7.10. The van der Waals surface area contributed by atoms with Crippen molar-refractivity contribution < 1.29 is 9.72 Å². The Balaban J connectivity index is 1.86.